The number of carbonyl (C=O) groups excluding carboxylic acids is 1. The molecule has 1 unspecified atom stereocenters. The first kappa shape index (κ1) is 22.2. The molecule has 5 nitrogen and oxygen atoms in total. The molecule has 0 saturated heterocycles. The van der Waals surface area contributed by atoms with Crippen molar-refractivity contribution in [2.24, 2.45) is 0 Å². The number of alkyl halides is 3. The van der Waals surface area contributed by atoms with Crippen molar-refractivity contribution in [3.63, 3.8) is 0 Å². The summed E-state index contributed by atoms with van der Waals surface area (Å²) < 4.78 is 41.6. The van der Waals surface area contributed by atoms with E-state index in [4.69, 9.17) is 11.6 Å². The van der Waals surface area contributed by atoms with Gasteiger partial charge < -0.3 is 9.88 Å². The van der Waals surface area contributed by atoms with E-state index in [0.717, 1.165) is 29.5 Å². The Labute approximate surface area is 180 Å². The third kappa shape index (κ3) is 4.96. The van der Waals surface area contributed by atoms with Gasteiger partial charge in [-0.05, 0) is 32.0 Å². The number of hydrogen-bond acceptors (Lipinski definition) is 4. The lowest BCUT2D eigenvalue weighted by Gasteiger charge is -2.16. The van der Waals surface area contributed by atoms with Gasteiger partial charge in [-0.15, -0.1) is 10.2 Å². The van der Waals surface area contributed by atoms with Crippen molar-refractivity contribution >= 4 is 35.0 Å². The number of halogens is 4. The van der Waals surface area contributed by atoms with Crippen LogP contribution in [0.1, 0.15) is 19.4 Å². The highest BCUT2D eigenvalue weighted by Gasteiger charge is 2.34. The highest BCUT2D eigenvalue weighted by molar-refractivity contribution is 8.00. The zero-order valence-corrected chi connectivity index (χ0v) is 17.6. The van der Waals surface area contributed by atoms with Crippen LogP contribution < -0.4 is 5.32 Å². The summed E-state index contributed by atoms with van der Waals surface area (Å²) in [5.74, 6) is 0.0741. The van der Waals surface area contributed by atoms with Gasteiger partial charge in [0.05, 0.1) is 16.5 Å². The van der Waals surface area contributed by atoms with Crippen molar-refractivity contribution in [3.8, 4) is 11.4 Å². The fraction of sp³-hybridized carbons (Fsp3) is 0.250. The first-order chi connectivity index (χ1) is 14.2. The van der Waals surface area contributed by atoms with Crippen LogP contribution in [0, 0.1) is 0 Å². The highest BCUT2D eigenvalue weighted by atomic mass is 35.5. The Morgan fingerprint density at radius 3 is 2.53 bits per heavy atom. The van der Waals surface area contributed by atoms with Crippen LogP contribution in [0.25, 0.3) is 11.4 Å². The smallest absolute Gasteiger partial charge is 0.325 e. The average molecular weight is 455 g/mol. The van der Waals surface area contributed by atoms with Crippen LogP contribution in [0.3, 0.4) is 0 Å². The summed E-state index contributed by atoms with van der Waals surface area (Å²) in [5.41, 5.74) is -0.457. The molecule has 0 aliphatic rings. The van der Waals surface area contributed by atoms with Gasteiger partial charge in [0.25, 0.3) is 0 Å². The lowest BCUT2D eigenvalue weighted by Crippen LogP contribution is -2.24. The van der Waals surface area contributed by atoms with Crippen molar-refractivity contribution in [1.29, 1.82) is 0 Å². The number of rotatable bonds is 6. The number of thioether (sulfide) groups is 1. The Balaban J connectivity index is 1.79. The summed E-state index contributed by atoms with van der Waals surface area (Å²) in [6, 6.07) is 12.7. The Hall–Kier alpha value is -2.52. The molecule has 0 bridgehead atoms. The largest absolute Gasteiger partial charge is 0.418 e. The second kappa shape index (κ2) is 9.09. The maximum atomic E-state index is 13.3. The molecule has 30 heavy (non-hydrogen) atoms. The third-order valence-electron chi connectivity index (χ3n) is 4.26. The van der Waals surface area contributed by atoms with Crippen molar-refractivity contribution in [2.75, 3.05) is 5.32 Å². The van der Waals surface area contributed by atoms with E-state index in [2.05, 4.69) is 15.5 Å². The minimum Gasteiger partial charge on any atom is -0.325 e. The van der Waals surface area contributed by atoms with Crippen LogP contribution in [0.5, 0.6) is 0 Å². The topological polar surface area (TPSA) is 59.8 Å². The second-order valence-corrected chi connectivity index (χ2v) is 8.10. The standard InChI is InChI=1S/C20H18ClF3N4OS/c1-3-28-17(13-7-5-4-6-8-13)26-27-19(28)30-12(2)18(29)25-16-10-9-14(21)11-15(16)20(22,23)24/h4-12H,3H2,1-2H3,(H,25,29). The summed E-state index contributed by atoms with van der Waals surface area (Å²) in [6.07, 6.45) is -4.64. The quantitative estimate of drug-likeness (QED) is 0.481. The Bertz CT molecular complexity index is 1040. The molecule has 0 aliphatic heterocycles. The van der Waals surface area contributed by atoms with Crippen molar-refractivity contribution in [1.82, 2.24) is 14.8 Å². The number of nitrogens with zero attached hydrogens (tertiary/aromatic N) is 3. The van der Waals surface area contributed by atoms with Crippen LogP contribution >= 0.6 is 23.4 Å². The predicted molar refractivity (Wildman–Crippen MR) is 112 cm³/mol. The second-order valence-electron chi connectivity index (χ2n) is 6.35. The molecule has 0 aliphatic carbocycles. The molecule has 158 valence electrons. The molecule has 1 atom stereocenters. The zero-order chi connectivity index (χ0) is 21.9. The van der Waals surface area contributed by atoms with E-state index in [1.165, 1.54) is 6.07 Å². The summed E-state index contributed by atoms with van der Waals surface area (Å²) >= 11 is 6.80. The Morgan fingerprint density at radius 2 is 1.90 bits per heavy atom. The van der Waals surface area contributed by atoms with Crippen molar-refractivity contribution in [2.45, 2.75) is 37.0 Å². The molecule has 0 fully saturated rings. The predicted octanol–water partition coefficient (Wildman–Crippen LogP) is 5.76. The molecule has 2 aromatic carbocycles. The van der Waals surface area contributed by atoms with E-state index in [0.29, 0.717) is 17.5 Å². The van der Waals surface area contributed by atoms with Crippen LogP contribution in [0.15, 0.2) is 53.7 Å². The summed E-state index contributed by atoms with van der Waals surface area (Å²) in [4.78, 5) is 12.6. The number of anilines is 1. The lowest BCUT2D eigenvalue weighted by molar-refractivity contribution is -0.137. The maximum absolute atomic E-state index is 13.3. The number of hydrogen-bond donors (Lipinski definition) is 1. The van der Waals surface area contributed by atoms with Crippen LogP contribution in [0.2, 0.25) is 5.02 Å². The summed E-state index contributed by atoms with van der Waals surface area (Å²) in [7, 11) is 0. The van der Waals surface area contributed by atoms with E-state index in [9.17, 15) is 18.0 Å². The first-order valence-electron chi connectivity index (χ1n) is 9.03. The van der Waals surface area contributed by atoms with Gasteiger partial charge in [-0.25, -0.2) is 0 Å². The highest BCUT2D eigenvalue weighted by Crippen LogP contribution is 2.37. The molecule has 1 heterocycles. The average Bonchev–Trinajstić information content (AvgIpc) is 3.11. The van der Waals surface area contributed by atoms with Gasteiger partial charge >= 0.3 is 6.18 Å². The van der Waals surface area contributed by atoms with Crippen LogP contribution in [0.4, 0.5) is 18.9 Å². The van der Waals surface area contributed by atoms with E-state index >= 15 is 0 Å². The fourth-order valence-electron chi connectivity index (χ4n) is 2.77. The molecule has 3 aromatic rings. The molecule has 10 heteroatoms. The van der Waals surface area contributed by atoms with E-state index < -0.39 is 22.9 Å². The van der Waals surface area contributed by atoms with Gasteiger partial charge in [0.2, 0.25) is 5.91 Å². The van der Waals surface area contributed by atoms with Crippen LogP contribution in [-0.2, 0) is 17.5 Å². The van der Waals surface area contributed by atoms with Crippen molar-refractivity contribution in [3.05, 3.63) is 59.1 Å². The van der Waals surface area contributed by atoms with Gasteiger partial charge in [0, 0.05) is 17.1 Å². The Morgan fingerprint density at radius 1 is 1.20 bits per heavy atom. The number of aromatic nitrogens is 3. The number of nitrogens with one attached hydrogen (secondary N) is 1. The zero-order valence-electron chi connectivity index (χ0n) is 16.1. The number of carbonyl (C=O) groups is 1. The monoisotopic (exact) mass is 454 g/mol. The molecule has 3 rings (SSSR count). The minimum atomic E-state index is -4.64. The molecule has 0 saturated carbocycles. The first-order valence-corrected chi connectivity index (χ1v) is 10.3. The molecule has 1 amide bonds. The van der Waals surface area contributed by atoms with Gasteiger partial charge in [0.1, 0.15) is 0 Å². The SMILES string of the molecule is CCn1c(SC(C)C(=O)Nc2ccc(Cl)cc2C(F)(F)F)nnc1-c1ccccc1. The van der Waals surface area contributed by atoms with Gasteiger partial charge in [-0.2, -0.15) is 13.2 Å². The van der Waals surface area contributed by atoms with E-state index in [-0.39, 0.29) is 10.7 Å². The minimum absolute atomic E-state index is 0.0627. The molecule has 1 aromatic heterocycles. The van der Waals surface area contributed by atoms with Crippen molar-refractivity contribution < 1.29 is 18.0 Å². The molecular formula is C20H18ClF3N4OS. The third-order valence-corrected chi connectivity index (χ3v) is 5.58. The maximum Gasteiger partial charge on any atom is 0.418 e. The summed E-state index contributed by atoms with van der Waals surface area (Å²) in [6.45, 7) is 4.09. The van der Waals surface area contributed by atoms with Gasteiger partial charge in [-0.3, -0.25) is 4.79 Å². The molecule has 0 radical (unpaired) electrons. The van der Waals surface area contributed by atoms with E-state index in [1.807, 2.05) is 41.8 Å². The lowest BCUT2D eigenvalue weighted by atomic mass is 10.1. The van der Waals surface area contributed by atoms with Gasteiger partial charge in [-0.1, -0.05) is 53.7 Å². The van der Waals surface area contributed by atoms with Gasteiger partial charge in [0.15, 0.2) is 11.0 Å². The number of amides is 1. The molecule has 1 N–H and O–H groups in total. The molecular weight excluding hydrogens is 437 g/mol. The summed E-state index contributed by atoms with van der Waals surface area (Å²) in [5, 5.41) is 10.4. The van der Waals surface area contributed by atoms with E-state index in [1.54, 1.807) is 6.92 Å². The molecule has 0 spiro atoms. The fourth-order valence-corrected chi connectivity index (χ4v) is 3.85. The van der Waals surface area contributed by atoms with Crippen LogP contribution in [-0.4, -0.2) is 25.9 Å². The Kier molecular flexibility index (Phi) is 6.72. The number of benzene rings is 2. The normalized spacial score (nSPS) is 12.6.